The normalized spacial score (nSPS) is 21.9. The summed E-state index contributed by atoms with van der Waals surface area (Å²) in [7, 11) is 3.35. The van der Waals surface area contributed by atoms with Gasteiger partial charge in [0.2, 0.25) is 0 Å². The predicted molar refractivity (Wildman–Crippen MR) is 73.6 cm³/mol. The van der Waals surface area contributed by atoms with Crippen molar-refractivity contribution in [2.75, 3.05) is 32.1 Å². The third kappa shape index (κ3) is 2.57. The number of carboxylic acids is 1. The number of hydrogen-bond donors (Lipinski definition) is 2. The van der Waals surface area contributed by atoms with E-state index < -0.39 is 11.5 Å². The van der Waals surface area contributed by atoms with E-state index in [1.54, 1.807) is 26.2 Å². The largest absolute Gasteiger partial charge is 0.480 e. The Balaban J connectivity index is 2.12. The zero-order chi connectivity index (χ0) is 14.9. The Hall–Kier alpha value is -2.15. The summed E-state index contributed by atoms with van der Waals surface area (Å²) in [4.78, 5) is 30.4. The molecule has 1 atom stereocenters. The molecule has 2 heterocycles. The van der Waals surface area contributed by atoms with E-state index in [1.807, 2.05) is 4.90 Å². The van der Waals surface area contributed by atoms with Crippen LogP contribution in [0.15, 0.2) is 18.3 Å². The third-order valence-corrected chi connectivity index (χ3v) is 3.45. The number of aromatic nitrogens is 1. The quantitative estimate of drug-likeness (QED) is 0.792. The molecule has 1 saturated heterocycles. The molecule has 0 aliphatic carbocycles. The van der Waals surface area contributed by atoms with Crippen LogP contribution in [0.3, 0.4) is 0 Å². The minimum atomic E-state index is -1.22. The molecule has 0 spiro atoms. The van der Waals surface area contributed by atoms with Crippen LogP contribution in [0.25, 0.3) is 0 Å². The fourth-order valence-electron chi connectivity index (χ4n) is 2.16. The first-order valence-electron chi connectivity index (χ1n) is 6.28. The van der Waals surface area contributed by atoms with Crippen molar-refractivity contribution in [1.29, 1.82) is 0 Å². The molecular weight excluding hydrogens is 260 g/mol. The lowest BCUT2D eigenvalue weighted by atomic mass is 10.0. The molecule has 0 saturated carbocycles. The molecule has 1 amide bonds. The molecule has 20 heavy (non-hydrogen) atoms. The maximum Gasteiger partial charge on any atom is 0.325 e. The van der Waals surface area contributed by atoms with Gasteiger partial charge in [-0.05, 0) is 18.6 Å². The second-order valence-corrected chi connectivity index (χ2v) is 5.24. The summed E-state index contributed by atoms with van der Waals surface area (Å²) in [5.41, 5.74) is 5.09. The van der Waals surface area contributed by atoms with Gasteiger partial charge < -0.3 is 20.6 Å². The molecule has 1 fully saturated rings. The lowest BCUT2D eigenvalue weighted by Gasteiger charge is -2.21. The Morgan fingerprint density at radius 3 is 2.60 bits per heavy atom. The van der Waals surface area contributed by atoms with E-state index in [4.69, 9.17) is 10.8 Å². The van der Waals surface area contributed by atoms with E-state index in [0.717, 1.165) is 0 Å². The molecule has 1 aromatic rings. The lowest BCUT2D eigenvalue weighted by Crippen LogP contribution is -2.50. The van der Waals surface area contributed by atoms with E-state index in [-0.39, 0.29) is 12.5 Å². The highest BCUT2D eigenvalue weighted by atomic mass is 16.4. The van der Waals surface area contributed by atoms with Crippen molar-refractivity contribution in [2.45, 2.75) is 12.0 Å². The summed E-state index contributed by atoms with van der Waals surface area (Å²) in [6, 6.07) is 3.40. The second kappa shape index (κ2) is 5.09. The molecule has 0 bridgehead atoms. The van der Waals surface area contributed by atoms with Crippen molar-refractivity contribution in [1.82, 2.24) is 9.88 Å². The minimum Gasteiger partial charge on any atom is -0.480 e. The Morgan fingerprint density at radius 2 is 2.15 bits per heavy atom. The number of carbonyl (C=O) groups excluding carboxylic acids is 1. The second-order valence-electron chi connectivity index (χ2n) is 5.24. The van der Waals surface area contributed by atoms with Crippen molar-refractivity contribution < 1.29 is 14.7 Å². The Morgan fingerprint density at radius 1 is 1.45 bits per heavy atom. The number of nitrogens with zero attached hydrogens (tertiary/aromatic N) is 3. The number of rotatable bonds is 3. The molecule has 1 aromatic heterocycles. The van der Waals surface area contributed by atoms with Gasteiger partial charge in [0.15, 0.2) is 0 Å². The molecule has 7 nitrogen and oxygen atoms in total. The molecule has 3 N–H and O–H groups in total. The van der Waals surface area contributed by atoms with Crippen LogP contribution in [0.2, 0.25) is 0 Å². The smallest absolute Gasteiger partial charge is 0.325 e. The van der Waals surface area contributed by atoms with E-state index in [0.29, 0.717) is 24.3 Å². The molecule has 2 rings (SSSR count). The highest BCUT2D eigenvalue weighted by Crippen LogP contribution is 2.24. The van der Waals surface area contributed by atoms with Crippen molar-refractivity contribution in [2.24, 2.45) is 5.73 Å². The summed E-state index contributed by atoms with van der Waals surface area (Å²) in [5, 5.41) is 9.09. The van der Waals surface area contributed by atoms with Gasteiger partial charge in [-0.3, -0.25) is 9.59 Å². The fourth-order valence-corrected chi connectivity index (χ4v) is 2.16. The van der Waals surface area contributed by atoms with Crippen molar-refractivity contribution in [3.8, 4) is 0 Å². The van der Waals surface area contributed by atoms with Gasteiger partial charge in [-0.25, -0.2) is 4.98 Å². The van der Waals surface area contributed by atoms with Gasteiger partial charge in [0.25, 0.3) is 5.91 Å². The van der Waals surface area contributed by atoms with Gasteiger partial charge in [0.05, 0.1) is 5.56 Å². The molecule has 108 valence electrons. The molecule has 1 aliphatic heterocycles. The summed E-state index contributed by atoms with van der Waals surface area (Å²) >= 11 is 0. The summed E-state index contributed by atoms with van der Waals surface area (Å²) in [6.45, 7) is 0.757. The minimum absolute atomic E-state index is 0.121. The summed E-state index contributed by atoms with van der Waals surface area (Å²) in [5.74, 6) is -0.488. The van der Waals surface area contributed by atoms with Gasteiger partial charge in [0, 0.05) is 33.4 Å². The highest BCUT2D eigenvalue weighted by molar-refractivity contribution is 5.93. The lowest BCUT2D eigenvalue weighted by molar-refractivity contribution is -0.142. The van der Waals surface area contributed by atoms with Gasteiger partial charge in [-0.2, -0.15) is 0 Å². The van der Waals surface area contributed by atoms with Crippen LogP contribution in [0.5, 0.6) is 0 Å². The van der Waals surface area contributed by atoms with Crippen LogP contribution < -0.4 is 10.6 Å². The Kier molecular flexibility index (Phi) is 3.63. The summed E-state index contributed by atoms with van der Waals surface area (Å²) < 4.78 is 0. The number of carbonyl (C=O) groups is 2. The third-order valence-electron chi connectivity index (χ3n) is 3.45. The number of anilines is 1. The number of hydrogen-bond acceptors (Lipinski definition) is 5. The first-order valence-corrected chi connectivity index (χ1v) is 6.28. The van der Waals surface area contributed by atoms with Crippen molar-refractivity contribution in [3.05, 3.63) is 23.9 Å². The first-order chi connectivity index (χ1) is 9.33. The monoisotopic (exact) mass is 278 g/mol. The summed E-state index contributed by atoms with van der Waals surface area (Å²) in [6.07, 6.45) is 1.87. The Labute approximate surface area is 117 Å². The maximum atomic E-state index is 11.7. The maximum absolute atomic E-state index is 11.7. The standard InChI is InChI=1S/C13H18N4O3/c1-16(2)11(18)9-3-4-10(15-7-9)17-6-5-13(14,8-17)12(19)20/h3-4,7H,5-6,8,14H2,1-2H3,(H,19,20). The number of nitrogens with two attached hydrogens (primary N) is 1. The highest BCUT2D eigenvalue weighted by Gasteiger charge is 2.41. The number of amides is 1. The Bertz CT molecular complexity index is 529. The van der Waals surface area contributed by atoms with Crippen LogP contribution >= 0.6 is 0 Å². The van der Waals surface area contributed by atoms with Crippen LogP contribution in [0, 0.1) is 0 Å². The van der Waals surface area contributed by atoms with Crippen molar-refractivity contribution >= 4 is 17.7 Å². The predicted octanol–water partition coefficient (Wildman–Crippen LogP) is -0.224. The zero-order valence-electron chi connectivity index (χ0n) is 11.5. The van der Waals surface area contributed by atoms with Gasteiger partial charge >= 0.3 is 5.97 Å². The average molecular weight is 278 g/mol. The number of pyridine rings is 1. The first kappa shape index (κ1) is 14.3. The molecule has 1 aliphatic rings. The molecule has 0 aromatic carbocycles. The zero-order valence-corrected chi connectivity index (χ0v) is 11.5. The molecular formula is C13H18N4O3. The van der Waals surface area contributed by atoms with E-state index >= 15 is 0 Å². The van der Waals surface area contributed by atoms with Gasteiger partial charge in [-0.1, -0.05) is 0 Å². The topological polar surface area (TPSA) is 99.8 Å². The van der Waals surface area contributed by atoms with Gasteiger partial charge in [-0.15, -0.1) is 0 Å². The number of carboxylic acid groups (broad SMARTS) is 1. The van der Waals surface area contributed by atoms with E-state index in [1.165, 1.54) is 11.1 Å². The van der Waals surface area contributed by atoms with E-state index in [9.17, 15) is 9.59 Å². The SMILES string of the molecule is CN(C)C(=O)c1ccc(N2CCC(N)(C(=O)O)C2)nc1. The molecule has 1 unspecified atom stereocenters. The van der Waals surface area contributed by atoms with Crippen LogP contribution in [-0.2, 0) is 4.79 Å². The van der Waals surface area contributed by atoms with Crippen LogP contribution in [0.1, 0.15) is 16.8 Å². The van der Waals surface area contributed by atoms with Gasteiger partial charge in [0.1, 0.15) is 11.4 Å². The molecule has 0 radical (unpaired) electrons. The van der Waals surface area contributed by atoms with Crippen molar-refractivity contribution in [3.63, 3.8) is 0 Å². The average Bonchev–Trinajstić information content (AvgIpc) is 2.82. The molecule has 7 heteroatoms. The number of aliphatic carboxylic acids is 1. The van der Waals surface area contributed by atoms with E-state index in [2.05, 4.69) is 4.98 Å². The fraction of sp³-hybridized carbons (Fsp3) is 0.462. The van der Waals surface area contributed by atoms with Crippen LogP contribution in [-0.4, -0.2) is 59.6 Å². The van der Waals surface area contributed by atoms with Crippen LogP contribution in [0.4, 0.5) is 5.82 Å².